The minimum Gasteiger partial charge on any atom is -0.497 e. The number of aliphatic imine (C=N–C) groups is 1. The van der Waals surface area contributed by atoms with Crippen LogP contribution in [0.15, 0.2) is 45.9 Å². The minimum absolute atomic E-state index is 0.245. The highest BCUT2D eigenvalue weighted by molar-refractivity contribution is 9.10. The predicted octanol–water partition coefficient (Wildman–Crippen LogP) is 3.54. The smallest absolute Gasteiger partial charge is 0.131 e. The van der Waals surface area contributed by atoms with Crippen LogP contribution in [-0.4, -0.2) is 31.6 Å². The fraction of sp³-hybridized carbons (Fsp3) is 0.278. The Morgan fingerprint density at radius 3 is 2.74 bits per heavy atom. The van der Waals surface area contributed by atoms with Gasteiger partial charge >= 0.3 is 0 Å². The molecule has 0 amide bonds. The number of ether oxygens (including phenoxy) is 2. The number of halogens is 1. The molecule has 0 spiro atoms. The number of hydrogen-bond acceptors (Lipinski definition) is 4. The molecular weight excluding hydrogens is 358 g/mol. The normalized spacial score (nSPS) is 19.8. The lowest BCUT2D eigenvalue weighted by molar-refractivity contribution is 0.159. The number of rotatable bonds is 4. The van der Waals surface area contributed by atoms with E-state index in [0.717, 1.165) is 26.9 Å². The van der Waals surface area contributed by atoms with Crippen molar-refractivity contribution >= 4 is 22.1 Å². The molecule has 0 saturated heterocycles. The van der Waals surface area contributed by atoms with Gasteiger partial charge in [0.25, 0.3) is 0 Å². The van der Waals surface area contributed by atoms with E-state index in [2.05, 4.69) is 20.9 Å². The molecule has 0 fully saturated rings. The molecular formula is C18H18BrNO3. The van der Waals surface area contributed by atoms with Crippen molar-refractivity contribution in [3.63, 3.8) is 0 Å². The van der Waals surface area contributed by atoms with Crippen LogP contribution in [0.3, 0.4) is 0 Å². The minimum atomic E-state index is -0.500. The number of nitrogens with zero attached hydrogens (tertiary/aromatic N) is 1. The van der Waals surface area contributed by atoms with Crippen molar-refractivity contribution in [2.75, 3.05) is 14.2 Å². The molecule has 2 atom stereocenters. The van der Waals surface area contributed by atoms with Crippen molar-refractivity contribution in [1.29, 1.82) is 0 Å². The summed E-state index contributed by atoms with van der Waals surface area (Å²) >= 11 is 3.46. The average Bonchev–Trinajstić information content (AvgIpc) is 2.87. The van der Waals surface area contributed by atoms with Gasteiger partial charge in [-0.2, -0.15) is 0 Å². The summed E-state index contributed by atoms with van der Waals surface area (Å²) in [6.45, 7) is 0. The van der Waals surface area contributed by atoms with Crippen LogP contribution < -0.4 is 9.47 Å². The first-order chi connectivity index (χ1) is 11.1. The number of aliphatic hydroxyl groups is 1. The van der Waals surface area contributed by atoms with Crippen LogP contribution in [0.2, 0.25) is 0 Å². The molecule has 1 aliphatic carbocycles. The Kier molecular flexibility index (Phi) is 4.68. The first kappa shape index (κ1) is 16.0. The Hall–Kier alpha value is -1.85. The lowest BCUT2D eigenvalue weighted by Gasteiger charge is -2.12. The van der Waals surface area contributed by atoms with E-state index in [1.807, 2.05) is 36.4 Å². The summed E-state index contributed by atoms with van der Waals surface area (Å²) < 4.78 is 11.6. The van der Waals surface area contributed by atoms with E-state index in [4.69, 9.17) is 9.47 Å². The van der Waals surface area contributed by atoms with E-state index in [9.17, 15) is 5.11 Å². The highest BCUT2D eigenvalue weighted by Gasteiger charge is 2.30. The van der Waals surface area contributed by atoms with Gasteiger partial charge in [0.05, 0.1) is 20.3 Å². The third-order valence-corrected chi connectivity index (χ3v) is 4.53. The summed E-state index contributed by atoms with van der Waals surface area (Å²) in [6.07, 6.45) is 1.87. The zero-order chi connectivity index (χ0) is 16.4. The second kappa shape index (κ2) is 6.72. The number of hydrogen-bond donors (Lipinski definition) is 1. The summed E-state index contributed by atoms with van der Waals surface area (Å²) in [6, 6.07) is 11.4. The molecule has 1 aliphatic rings. The molecule has 0 bridgehead atoms. The van der Waals surface area contributed by atoms with Gasteiger partial charge in [0, 0.05) is 28.7 Å². The van der Waals surface area contributed by atoms with E-state index in [-0.39, 0.29) is 6.04 Å². The van der Waals surface area contributed by atoms with Gasteiger partial charge in [0.2, 0.25) is 0 Å². The van der Waals surface area contributed by atoms with Crippen LogP contribution in [0.5, 0.6) is 11.5 Å². The zero-order valence-corrected chi connectivity index (χ0v) is 14.6. The molecule has 2 aromatic carbocycles. The monoisotopic (exact) mass is 375 g/mol. The van der Waals surface area contributed by atoms with Gasteiger partial charge in [-0.1, -0.05) is 22.0 Å². The van der Waals surface area contributed by atoms with Crippen LogP contribution in [0.4, 0.5) is 0 Å². The Labute approximate surface area is 143 Å². The summed E-state index contributed by atoms with van der Waals surface area (Å²) in [5.41, 5.74) is 3.06. The molecule has 0 aliphatic heterocycles. The van der Waals surface area contributed by atoms with Crippen molar-refractivity contribution in [2.24, 2.45) is 4.99 Å². The lowest BCUT2D eigenvalue weighted by atomic mass is 10.1. The van der Waals surface area contributed by atoms with E-state index in [1.165, 1.54) is 0 Å². The molecule has 0 saturated carbocycles. The van der Waals surface area contributed by atoms with Crippen molar-refractivity contribution in [2.45, 2.75) is 18.6 Å². The second-order valence-corrected chi connectivity index (χ2v) is 6.36. The standard InChI is InChI=1S/C18H18BrNO3/c1-22-14-5-3-11(17(9-14)23-2)10-20-18-15-6-4-13(19)7-12(15)8-16(18)21/h3-7,9-10,16,18,21H,8H2,1-2H3/t16-,18+/m0/s1. The van der Waals surface area contributed by atoms with Gasteiger partial charge in [0.15, 0.2) is 0 Å². The molecule has 1 N–H and O–H groups in total. The molecule has 5 heteroatoms. The third-order valence-electron chi connectivity index (χ3n) is 4.03. The van der Waals surface area contributed by atoms with Gasteiger partial charge in [-0.15, -0.1) is 0 Å². The van der Waals surface area contributed by atoms with Gasteiger partial charge in [-0.25, -0.2) is 0 Å². The molecule has 23 heavy (non-hydrogen) atoms. The maximum Gasteiger partial charge on any atom is 0.131 e. The van der Waals surface area contributed by atoms with Crippen molar-refractivity contribution in [3.05, 3.63) is 57.6 Å². The maximum atomic E-state index is 10.3. The predicted molar refractivity (Wildman–Crippen MR) is 93.7 cm³/mol. The highest BCUT2D eigenvalue weighted by atomic mass is 79.9. The average molecular weight is 376 g/mol. The largest absolute Gasteiger partial charge is 0.497 e. The summed E-state index contributed by atoms with van der Waals surface area (Å²) in [7, 11) is 3.23. The fourth-order valence-electron chi connectivity index (χ4n) is 2.85. The molecule has 3 rings (SSSR count). The Morgan fingerprint density at radius 1 is 1.17 bits per heavy atom. The fourth-order valence-corrected chi connectivity index (χ4v) is 3.26. The van der Waals surface area contributed by atoms with Gasteiger partial charge in [-0.3, -0.25) is 4.99 Å². The first-order valence-corrected chi connectivity index (χ1v) is 8.13. The second-order valence-electron chi connectivity index (χ2n) is 5.45. The maximum absolute atomic E-state index is 10.3. The molecule has 120 valence electrons. The molecule has 0 radical (unpaired) electrons. The summed E-state index contributed by atoms with van der Waals surface area (Å²) in [5.74, 6) is 1.42. The van der Waals surface area contributed by atoms with Crippen LogP contribution in [0.25, 0.3) is 0 Å². The zero-order valence-electron chi connectivity index (χ0n) is 13.0. The summed E-state index contributed by atoms with van der Waals surface area (Å²) in [5, 5.41) is 10.3. The molecule has 4 nitrogen and oxygen atoms in total. The Morgan fingerprint density at radius 2 is 2.00 bits per heavy atom. The quantitative estimate of drug-likeness (QED) is 0.831. The van der Waals surface area contributed by atoms with Crippen molar-refractivity contribution in [3.8, 4) is 11.5 Å². The van der Waals surface area contributed by atoms with Crippen LogP contribution in [0, 0.1) is 0 Å². The van der Waals surface area contributed by atoms with Crippen molar-refractivity contribution in [1.82, 2.24) is 0 Å². The molecule has 0 unspecified atom stereocenters. The lowest BCUT2D eigenvalue weighted by Crippen LogP contribution is -2.11. The van der Waals surface area contributed by atoms with E-state index < -0.39 is 6.10 Å². The van der Waals surface area contributed by atoms with Crippen molar-refractivity contribution < 1.29 is 14.6 Å². The number of methoxy groups -OCH3 is 2. The first-order valence-electron chi connectivity index (χ1n) is 7.34. The van der Waals surface area contributed by atoms with Gasteiger partial charge in [-0.05, 0) is 35.4 Å². The van der Waals surface area contributed by atoms with E-state index >= 15 is 0 Å². The van der Waals surface area contributed by atoms with Crippen LogP contribution in [0.1, 0.15) is 22.7 Å². The third kappa shape index (κ3) is 3.26. The highest BCUT2D eigenvalue weighted by Crippen LogP contribution is 2.36. The van der Waals surface area contributed by atoms with Gasteiger partial charge in [0.1, 0.15) is 17.5 Å². The topological polar surface area (TPSA) is 51.0 Å². The van der Waals surface area contributed by atoms with Gasteiger partial charge < -0.3 is 14.6 Å². The van der Waals surface area contributed by atoms with Crippen LogP contribution in [-0.2, 0) is 6.42 Å². The van der Waals surface area contributed by atoms with E-state index in [0.29, 0.717) is 12.2 Å². The SMILES string of the molecule is COc1ccc(C=N[C@@H]2c3ccc(Br)cc3C[C@@H]2O)c(OC)c1. The summed E-state index contributed by atoms with van der Waals surface area (Å²) in [4.78, 5) is 4.60. The molecule has 0 aromatic heterocycles. The van der Waals surface area contributed by atoms with Crippen LogP contribution >= 0.6 is 15.9 Å². The number of aliphatic hydroxyl groups excluding tert-OH is 1. The Balaban J connectivity index is 1.89. The number of fused-ring (bicyclic) bond motifs is 1. The van der Waals surface area contributed by atoms with E-state index in [1.54, 1.807) is 20.4 Å². The molecule has 0 heterocycles. The Bertz CT molecular complexity index is 745. The molecule has 2 aromatic rings. The number of benzene rings is 2.